The van der Waals surface area contributed by atoms with Crippen LogP contribution in [0.15, 0.2) is 63.6 Å². The number of pyridine rings is 2. The van der Waals surface area contributed by atoms with E-state index in [9.17, 15) is 4.79 Å². The van der Waals surface area contributed by atoms with E-state index in [0.717, 1.165) is 23.3 Å². The Bertz CT molecular complexity index is 1450. The fourth-order valence-corrected chi connectivity index (χ4v) is 4.09. The molecule has 30 heavy (non-hydrogen) atoms. The average Bonchev–Trinajstić information content (AvgIpc) is 3.10. The van der Waals surface area contributed by atoms with Crippen LogP contribution >= 0.6 is 11.6 Å². The van der Waals surface area contributed by atoms with Crippen molar-refractivity contribution in [3.05, 3.63) is 87.1 Å². The van der Waals surface area contributed by atoms with Crippen molar-refractivity contribution in [3.63, 3.8) is 0 Å². The highest BCUT2D eigenvalue weighted by Crippen LogP contribution is 2.59. The van der Waals surface area contributed by atoms with E-state index in [0.29, 0.717) is 33.7 Å². The normalized spacial score (nSPS) is 19.5. The third kappa shape index (κ3) is 2.77. The molecule has 0 spiro atoms. The van der Waals surface area contributed by atoms with E-state index in [1.165, 1.54) is 10.9 Å². The Morgan fingerprint density at radius 1 is 1.23 bits per heavy atom. The summed E-state index contributed by atoms with van der Waals surface area (Å²) in [4.78, 5) is 29.8. The summed E-state index contributed by atoms with van der Waals surface area (Å²) in [7, 11) is 0. The topological polar surface area (TPSA) is 99.6 Å². The lowest BCUT2D eigenvalue weighted by molar-refractivity contribution is 0.364. The van der Waals surface area contributed by atoms with E-state index < -0.39 is 0 Å². The molecule has 8 nitrogen and oxygen atoms in total. The van der Waals surface area contributed by atoms with Crippen LogP contribution in [0.2, 0.25) is 5.02 Å². The van der Waals surface area contributed by atoms with Crippen LogP contribution in [0, 0.1) is 5.92 Å². The minimum atomic E-state index is -0.194. The Balaban J connectivity index is 1.25. The van der Waals surface area contributed by atoms with Crippen LogP contribution in [0.1, 0.15) is 29.7 Å². The summed E-state index contributed by atoms with van der Waals surface area (Å²) >= 11 is 6.06. The van der Waals surface area contributed by atoms with Gasteiger partial charge in [0.1, 0.15) is 12.9 Å². The van der Waals surface area contributed by atoms with Gasteiger partial charge in [0.15, 0.2) is 11.5 Å². The fourth-order valence-electron chi connectivity index (χ4n) is 3.93. The highest BCUT2D eigenvalue weighted by atomic mass is 35.5. The van der Waals surface area contributed by atoms with E-state index in [1.54, 1.807) is 30.6 Å². The molecule has 0 N–H and O–H groups in total. The third-order valence-corrected chi connectivity index (χ3v) is 5.68. The Morgan fingerprint density at radius 2 is 2.17 bits per heavy atom. The fraction of sp³-hybridized carbons (Fsp3) is 0.190. The number of hydrogen-bond donors (Lipinski definition) is 0. The van der Waals surface area contributed by atoms with Gasteiger partial charge in [0.05, 0.1) is 17.0 Å². The van der Waals surface area contributed by atoms with E-state index in [4.69, 9.17) is 16.1 Å². The average molecular weight is 417 g/mol. The van der Waals surface area contributed by atoms with Crippen LogP contribution in [0.4, 0.5) is 0 Å². The van der Waals surface area contributed by atoms with Crippen LogP contribution in [0.5, 0.6) is 0 Å². The summed E-state index contributed by atoms with van der Waals surface area (Å²) in [5.41, 5.74) is 6.72. The maximum absolute atomic E-state index is 12.6. The van der Waals surface area contributed by atoms with Gasteiger partial charge in [-0.2, -0.15) is 4.98 Å². The minimum absolute atomic E-state index is 0.112. The van der Waals surface area contributed by atoms with E-state index in [-0.39, 0.29) is 18.0 Å². The molecule has 0 bridgehead atoms. The van der Waals surface area contributed by atoms with Gasteiger partial charge in [-0.3, -0.25) is 14.3 Å². The van der Waals surface area contributed by atoms with Gasteiger partial charge >= 0.3 is 0 Å². The molecule has 1 fully saturated rings. The van der Waals surface area contributed by atoms with Crippen molar-refractivity contribution < 1.29 is 4.52 Å². The van der Waals surface area contributed by atoms with Crippen LogP contribution in [-0.2, 0) is 6.54 Å². The lowest BCUT2D eigenvalue weighted by atomic mass is 10.1. The molecule has 9 heteroatoms. The molecule has 0 aliphatic heterocycles. The van der Waals surface area contributed by atoms with Gasteiger partial charge in [-0.25, -0.2) is 9.97 Å². The van der Waals surface area contributed by atoms with Gasteiger partial charge < -0.3 is 4.52 Å². The summed E-state index contributed by atoms with van der Waals surface area (Å²) in [5, 5.41) is 5.23. The summed E-state index contributed by atoms with van der Waals surface area (Å²) in [5.74, 6) is 1.42. The largest absolute Gasteiger partial charge is 0.337 e. The second kappa shape index (κ2) is 6.45. The van der Waals surface area contributed by atoms with Gasteiger partial charge in [0, 0.05) is 28.9 Å². The monoisotopic (exact) mass is 416 g/mol. The first-order chi connectivity index (χ1) is 14.7. The number of halogens is 1. The number of rotatable bonds is 4. The molecule has 2 aliphatic carbocycles. The summed E-state index contributed by atoms with van der Waals surface area (Å²) in [6.07, 6.45) is 5.58. The molecule has 146 valence electrons. The first-order valence-electron chi connectivity index (χ1n) is 9.41. The number of nitrogens with zero attached hydrogens (tertiary/aromatic N) is 6. The molecule has 4 heterocycles. The molecule has 2 atom stereocenters. The summed E-state index contributed by atoms with van der Waals surface area (Å²) in [6, 6.07) is 7.01. The van der Waals surface area contributed by atoms with Crippen molar-refractivity contribution in [3.8, 4) is 0 Å². The predicted octanol–water partition coefficient (Wildman–Crippen LogP) is 3.00. The van der Waals surface area contributed by atoms with Crippen molar-refractivity contribution in [1.29, 1.82) is 0 Å². The van der Waals surface area contributed by atoms with Gasteiger partial charge in [0.25, 0.3) is 5.56 Å². The van der Waals surface area contributed by atoms with Gasteiger partial charge in [-0.05, 0) is 36.3 Å². The molecule has 0 aromatic carbocycles. The zero-order valence-corrected chi connectivity index (χ0v) is 16.2. The van der Waals surface area contributed by atoms with Gasteiger partial charge in [-0.1, -0.05) is 16.8 Å². The zero-order chi connectivity index (χ0) is 20.2. The van der Waals surface area contributed by atoms with E-state index in [2.05, 4.69) is 30.8 Å². The lowest BCUT2D eigenvalue weighted by Gasteiger charge is -2.02. The first kappa shape index (κ1) is 17.3. The van der Waals surface area contributed by atoms with Crippen molar-refractivity contribution in [1.82, 2.24) is 29.7 Å². The quantitative estimate of drug-likeness (QED) is 0.471. The lowest BCUT2D eigenvalue weighted by Crippen LogP contribution is -2.21. The highest BCUT2D eigenvalue weighted by Gasteiger charge is 2.51. The summed E-state index contributed by atoms with van der Waals surface area (Å²) < 4.78 is 6.83. The summed E-state index contributed by atoms with van der Waals surface area (Å²) in [6.45, 7) is 0.160. The predicted molar refractivity (Wildman–Crippen MR) is 108 cm³/mol. The smallest absolute Gasteiger partial charge is 0.263 e. The molecular weight excluding hydrogens is 404 g/mol. The van der Waals surface area contributed by atoms with Crippen LogP contribution in [-0.4, -0.2) is 29.7 Å². The Hall–Kier alpha value is -3.61. The molecule has 0 saturated heterocycles. The van der Waals surface area contributed by atoms with Gasteiger partial charge in [0.2, 0.25) is 5.89 Å². The number of allylic oxidation sites excluding steroid dienone is 1. The molecule has 6 rings (SSSR count). The Labute approximate surface area is 174 Å². The minimum Gasteiger partial charge on any atom is -0.337 e. The van der Waals surface area contributed by atoms with Crippen molar-refractivity contribution in [2.45, 2.75) is 18.9 Å². The number of aromatic nitrogens is 6. The molecular formula is C21H13ClN6O2. The van der Waals surface area contributed by atoms with Crippen molar-refractivity contribution in [2.75, 3.05) is 0 Å². The van der Waals surface area contributed by atoms with Crippen molar-refractivity contribution >= 4 is 28.2 Å². The Kier molecular flexibility index (Phi) is 3.71. The van der Waals surface area contributed by atoms with Crippen LogP contribution in [0.3, 0.4) is 0 Å². The molecule has 4 aromatic heterocycles. The third-order valence-electron chi connectivity index (χ3n) is 5.44. The molecule has 0 radical (unpaired) electrons. The second-order valence-electron chi connectivity index (χ2n) is 7.30. The SMILES string of the molecule is O=c1c2cccnc2ncn1Cc1nc([C@@H]2C3=C=C(c4cc(Cl)ccn4)C[C@H]32)no1. The first-order valence-corrected chi connectivity index (χ1v) is 9.79. The highest BCUT2D eigenvalue weighted by molar-refractivity contribution is 6.30. The zero-order valence-electron chi connectivity index (χ0n) is 15.5. The molecule has 0 unspecified atom stereocenters. The number of hydrogen-bond acceptors (Lipinski definition) is 7. The standard InChI is InChI=1S/C21H13ClN6O2/c22-12-3-5-23-16(8-12)11-6-14-15(7-11)18(14)20-26-17(30-27-20)9-28-10-25-19-13(21(28)29)2-1-4-24-19/h1-5,8,10,14,18H,6,9H2/t14-,18+/m1/s1. The molecule has 0 amide bonds. The van der Waals surface area contributed by atoms with E-state index in [1.807, 2.05) is 6.07 Å². The van der Waals surface area contributed by atoms with Crippen LogP contribution in [0.25, 0.3) is 16.6 Å². The molecule has 2 aliphatic rings. The maximum Gasteiger partial charge on any atom is 0.263 e. The van der Waals surface area contributed by atoms with Crippen LogP contribution < -0.4 is 5.56 Å². The van der Waals surface area contributed by atoms with E-state index >= 15 is 0 Å². The molecule has 4 aromatic rings. The number of fused-ring (bicyclic) bond motifs is 2. The second-order valence-corrected chi connectivity index (χ2v) is 7.74. The maximum atomic E-state index is 12.6. The molecule has 1 saturated carbocycles. The Morgan fingerprint density at radius 3 is 3.00 bits per heavy atom. The van der Waals surface area contributed by atoms with Gasteiger partial charge in [-0.15, -0.1) is 5.73 Å². The van der Waals surface area contributed by atoms with Crippen molar-refractivity contribution in [2.24, 2.45) is 5.92 Å².